The molecular weight excluding hydrogens is 214 g/mol. The zero-order valence-corrected chi connectivity index (χ0v) is 9.32. The minimum Gasteiger partial charge on any atom is -0.346 e. The number of hydrogen-bond acceptors (Lipinski definition) is 2. The van der Waals surface area contributed by atoms with E-state index in [-0.39, 0.29) is 0 Å². The van der Waals surface area contributed by atoms with E-state index >= 15 is 0 Å². The molecule has 72 valence electrons. The first-order chi connectivity index (χ1) is 6.75. The Balaban J connectivity index is 2.28. The van der Waals surface area contributed by atoms with Crippen LogP contribution in [0.15, 0.2) is 35.7 Å². The highest BCUT2D eigenvalue weighted by Crippen LogP contribution is 2.28. The van der Waals surface area contributed by atoms with Crippen LogP contribution < -0.4 is 5.32 Å². The molecule has 0 aliphatic heterocycles. The first-order valence-electron chi connectivity index (χ1n) is 4.32. The molecule has 0 aliphatic carbocycles. The molecule has 1 nitrogen and oxygen atoms in total. The summed E-state index contributed by atoms with van der Waals surface area (Å²) in [5.41, 5.74) is 2.17. The summed E-state index contributed by atoms with van der Waals surface area (Å²) in [4.78, 5) is 0. The predicted octanol–water partition coefficient (Wildman–Crippen LogP) is 4.45. The van der Waals surface area contributed by atoms with Gasteiger partial charge in [0.1, 0.15) is 0 Å². The molecule has 0 saturated heterocycles. The number of rotatable bonds is 2. The van der Waals surface area contributed by atoms with Crippen molar-refractivity contribution in [3.8, 4) is 0 Å². The quantitative estimate of drug-likeness (QED) is 0.793. The van der Waals surface area contributed by atoms with Crippen molar-refractivity contribution >= 4 is 33.6 Å². The molecule has 0 unspecified atom stereocenters. The molecule has 2 aromatic rings. The Labute approximate surface area is 92.3 Å². The molecular formula is C11H10ClNS. The molecule has 0 atom stereocenters. The van der Waals surface area contributed by atoms with Gasteiger partial charge >= 0.3 is 0 Å². The number of anilines is 2. The number of thiophene rings is 1. The fraction of sp³-hybridized carbons (Fsp3) is 0.0909. The van der Waals surface area contributed by atoms with Crippen LogP contribution in [-0.2, 0) is 0 Å². The number of hydrogen-bond donors (Lipinski definition) is 1. The lowest BCUT2D eigenvalue weighted by molar-refractivity contribution is 1.46. The van der Waals surface area contributed by atoms with Gasteiger partial charge in [0.15, 0.2) is 0 Å². The second kappa shape index (κ2) is 4.03. The van der Waals surface area contributed by atoms with Gasteiger partial charge in [-0.1, -0.05) is 17.7 Å². The van der Waals surface area contributed by atoms with Gasteiger partial charge in [0.05, 0.1) is 15.7 Å². The highest BCUT2D eigenvalue weighted by molar-refractivity contribution is 7.14. The van der Waals surface area contributed by atoms with Crippen LogP contribution in [-0.4, -0.2) is 0 Å². The summed E-state index contributed by atoms with van der Waals surface area (Å²) in [6.07, 6.45) is 0. The maximum Gasteiger partial charge on any atom is 0.0926 e. The highest BCUT2D eigenvalue weighted by atomic mass is 35.5. The standard InChI is InChI=1S/C11H10ClNS/c1-8-4-5-9(12)10(7-8)13-11-3-2-6-14-11/h2-7,13H,1H3. The maximum atomic E-state index is 6.06. The van der Waals surface area contributed by atoms with E-state index in [1.165, 1.54) is 5.56 Å². The number of aryl methyl sites for hydroxylation is 1. The van der Waals surface area contributed by atoms with E-state index in [0.29, 0.717) is 0 Å². The van der Waals surface area contributed by atoms with Crippen molar-refractivity contribution in [3.63, 3.8) is 0 Å². The van der Waals surface area contributed by atoms with E-state index in [9.17, 15) is 0 Å². The fourth-order valence-electron chi connectivity index (χ4n) is 1.22. The summed E-state index contributed by atoms with van der Waals surface area (Å²) in [5.74, 6) is 0. The van der Waals surface area contributed by atoms with Gasteiger partial charge in [0, 0.05) is 0 Å². The largest absolute Gasteiger partial charge is 0.346 e. The van der Waals surface area contributed by atoms with Crippen molar-refractivity contribution in [1.29, 1.82) is 0 Å². The van der Waals surface area contributed by atoms with Gasteiger partial charge in [-0.15, -0.1) is 11.3 Å². The number of benzene rings is 1. The van der Waals surface area contributed by atoms with E-state index in [2.05, 4.69) is 12.2 Å². The van der Waals surface area contributed by atoms with E-state index in [0.717, 1.165) is 15.7 Å². The molecule has 0 fully saturated rings. The van der Waals surface area contributed by atoms with Crippen molar-refractivity contribution in [1.82, 2.24) is 0 Å². The van der Waals surface area contributed by atoms with Gasteiger partial charge in [0.2, 0.25) is 0 Å². The SMILES string of the molecule is Cc1ccc(Cl)c(Nc2cccs2)c1. The topological polar surface area (TPSA) is 12.0 Å². The average Bonchev–Trinajstić information content (AvgIpc) is 2.64. The first kappa shape index (κ1) is 9.56. The molecule has 2 rings (SSSR count). The Hall–Kier alpha value is -0.990. The summed E-state index contributed by atoms with van der Waals surface area (Å²) in [6, 6.07) is 10.00. The van der Waals surface area contributed by atoms with Gasteiger partial charge in [-0.25, -0.2) is 0 Å². The normalized spacial score (nSPS) is 10.1. The van der Waals surface area contributed by atoms with Crippen LogP contribution in [0.25, 0.3) is 0 Å². The Morgan fingerprint density at radius 1 is 1.29 bits per heavy atom. The van der Waals surface area contributed by atoms with Crippen molar-refractivity contribution in [2.75, 3.05) is 5.32 Å². The molecule has 0 amide bonds. The lowest BCUT2D eigenvalue weighted by Crippen LogP contribution is -1.88. The van der Waals surface area contributed by atoms with Crippen LogP contribution in [0.2, 0.25) is 5.02 Å². The summed E-state index contributed by atoms with van der Waals surface area (Å²) in [5, 5.41) is 7.18. The monoisotopic (exact) mass is 223 g/mol. The van der Waals surface area contributed by atoms with Crippen LogP contribution in [0.5, 0.6) is 0 Å². The zero-order valence-electron chi connectivity index (χ0n) is 7.75. The predicted molar refractivity (Wildman–Crippen MR) is 63.8 cm³/mol. The maximum absolute atomic E-state index is 6.06. The average molecular weight is 224 g/mol. The van der Waals surface area contributed by atoms with Crippen LogP contribution >= 0.6 is 22.9 Å². The zero-order chi connectivity index (χ0) is 9.97. The Morgan fingerprint density at radius 3 is 2.86 bits per heavy atom. The molecule has 0 spiro atoms. The van der Waals surface area contributed by atoms with Crippen LogP contribution in [0.1, 0.15) is 5.56 Å². The summed E-state index contributed by atoms with van der Waals surface area (Å²) in [7, 11) is 0. The number of nitrogens with one attached hydrogen (secondary N) is 1. The second-order valence-corrected chi connectivity index (χ2v) is 4.44. The van der Waals surface area contributed by atoms with E-state index in [1.54, 1.807) is 11.3 Å². The smallest absolute Gasteiger partial charge is 0.0926 e. The lowest BCUT2D eigenvalue weighted by atomic mass is 10.2. The fourth-order valence-corrected chi connectivity index (χ4v) is 2.01. The molecule has 0 aliphatic rings. The molecule has 3 heteroatoms. The van der Waals surface area contributed by atoms with E-state index in [4.69, 9.17) is 11.6 Å². The van der Waals surface area contributed by atoms with Crippen molar-refractivity contribution in [3.05, 3.63) is 46.3 Å². The third-order valence-corrected chi connectivity index (χ3v) is 3.02. The minimum atomic E-state index is 0.754. The molecule has 0 saturated carbocycles. The van der Waals surface area contributed by atoms with Gasteiger partial charge < -0.3 is 5.32 Å². The molecule has 1 heterocycles. The Morgan fingerprint density at radius 2 is 2.14 bits per heavy atom. The molecule has 0 bridgehead atoms. The summed E-state index contributed by atoms with van der Waals surface area (Å²) in [6.45, 7) is 2.05. The van der Waals surface area contributed by atoms with Gasteiger partial charge in [-0.2, -0.15) is 0 Å². The summed E-state index contributed by atoms with van der Waals surface area (Å²) < 4.78 is 0. The van der Waals surface area contributed by atoms with Gasteiger partial charge in [0.25, 0.3) is 0 Å². The molecule has 1 aromatic heterocycles. The number of halogens is 1. The van der Waals surface area contributed by atoms with Crippen LogP contribution in [0.3, 0.4) is 0 Å². The third kappa shape index (κ3) is 2.08. The Bertz CT molecular complexity index is 423. The van der Waals surface area contributed by atoms with Gasteiger partial charge in [-0.3, -0.25) is 0 Å². The van der Waals surface area contributed by atoms with E-state index < -0.39 is 0 Å². The second-order valence-electron chi connectivity index (χ2n) is 3.09. The molecule has 0 radical (unpaired) electrons. The minimum absolute atomic E-state index is 0.754. The molecule has 1 N–H and O–H groups in total. The van der Waals surface area contributed by atoms with E-state index in [1.807, 2.05) is 35.7 Å². The van der Waals surface area contributed by atoms with Crippen LogP contribution in [0.4, 0.5) is 10.7 Å². The highest BCUT2D eigenvalue weighted by Gasteiger charge is 2.00. The van der Waals surface area contributed by atoms with Crippen LogP contribution in [0, 0.1) is 6.92 Å². The Kier molecular flexibility index (Phi) is 2.75. The molecule has 1 aromatic carbocycles. The van der Waals surface area contributed by atoms with Crippen molar-refractivity contribution < 1.29 is 0 Å². The molecule has 14 heavy (non-hydrogen) atoms. The third-order valence-electron chi connectivity index (χ3n) is 1.90. The van der Waals surface area contributed by atoms with Crippen molar-refractivity contribution in [2.24, 2.45) is 0 Å². The van der Waals surface area contributed by atoms with Gasteiger partial charge in [-0.05, 0) is 42.1 Å². The summed E-state index contributed by atoms with van der Waals surface area (Å²) >= 11 is 7.72. The lowest BCUT2D eigenvalue weighted by Gasteiger charge is -2.06. The van der Waals surface area contributed by atoms with Crippen molar-refractivity contribution in [2.45, 2.75) is 6.92 Å². The first-order valence-corrected chi connectivity index (χ1v) is 5.58.